The summed E-state index contributed by atoms with van der Waals surface area (Å²) in [5.41, 5.74) is 3.88. The van der Waals surface area contributed by atoms with Gasteiger partial charge in [-0.05, 0) is 66.2 Å². The van der Waals surface area contributed by atoms with Gasteiger partial charge >= 0.3 is 0 Å². The van der Waals surface area contributed by atoms with Crippen molar-refractivity contribution in [3.8, 4) is 28.5 Å². The number of nitrogens with zero attached hydrogens (tertiary/aromatic N) is 3. The molecule has 0 aliphatic carbocycles. The first-order valence-electron chi connectivity index (χ1n) is 10.6. The number of rotatable bonds is 4. The summed E-state index contributed by atoms with van der Waals surface area (Å²) >= 11 is 7.48. The molecule has 1 aromatic heterocycles. The van der Waals surface area contributed by atoms with Crippen LogP contribution >= 0.6 is 22.9 Å². The minimum Gasteiger partial charge on any atom is -0.482 e. The Morgan fingerprint density at radius 1 is 0.971 bits per heavy atom. The van der Waals surface area contributed by atoms with Gasteiger partial charge in [-0.1, -0.05) is 11.6 Å². The molecule has 0 bridgehead atoms. The normalized spacial score (nSPS) is 14.7. The summed E-state index contributed by atoms with van der Waals surface area (Å²) < 4.78 is 18.1. The molecule has 6 rings (SSSR count). The largest absolute Gasteiger partial charge is 0.482 e. The Bertz CT molecular complexity index is 1540. The molecule has 0 saturated heterocycles. The zero-order valence-electron chi connectivity index (χ0n) is 18.1. The summed E-state index contributed by atoms with van der Waals surface area (Å²) in [6.07, 6.45) is 1.74. The fraction of sp³-hybridized carbons (Fsp3) is 0.0800. The Hall–Kier alpha value is -4.08. The number of fused-ring (bicyclic) bond motifs is 2. The number of anilines is 1. The summed E-state index contributed by atoms with van der Waals surface area (Å²) in [6, 6.07) is 18.6. The smallest absolute Gasteiger partial charge is 0.262 e. The van der Waals surface area contributed by atoms with E-state index in [1.165, 1.54) is 11.3 Å². The van der Waals surface area contributed by atoms with Gasteiger partial charge in [0.25, 0.3) is 5.91 Å². The second-order valence-electron chi connectivity index (χ2n) is 7.71. The van der Waals surface area contributed by atoms with Gasteiger partial charge in [0.05, 0.1) is 23.3 Å². The number of thiazole rings is 1. The van der Waals surface area contributed by atoms with E-state index >= 15 is 0 Å². The van der Waals surface area contributed by atoms with E-state index in [-0.39, 0.29) is 19.3 Å². The van der Waals surface area contributed by atoms with Gasteiger partial charge in [-0.25, -0.2) is 9.67 Å². The van der Waals surface area contributed by atoms with E-state index in [2.05, 4.69) is 5.32 Å². The molecule has 174 valence electrons. The maximum atomic E-state index is 11.8. The van der Waals surface area contributed by atoms with Crippen LogP contribution in [0.15, 0.2) is 76.1 Å². The Labute approximate surface area is 208 Å². The van der Waals surface area contributed by atoms with E-state index in [1.807, 2.05) is 53.9 Å². The minimum absolute atomic E-state index is 0.00867. The van der Waals surface area contributed by atoms with Crippen molar-refractivity contribution in [2.24, 2.45) is 10.1 Å². The molecule has 0 atom stereocenters. The molecule has 0 fully saturated rings. The van der Waals surface area contributed by atoms with Gasteiger partial charge in [0.2, 0.25) is 11.6 Å². The van der Waals surface area contributed by atoms with Crippen LogP contribution in [-0.4, -0.2) is 30.2 Å². The van der Waals surface area contributed by atoms with Crippen molar-refractivity contribution in [1.82, 2.24) is 4.68 Å². The molecule has 3 heterocycles. The van der Waals surface area contributed by atoms with E-state index in [4.69, 9.17) is 35.9 Å². The highest BCUT2D eigenvalue weighted by atomic mass is 35.5. The first kappa shape index (κ1) is 21.5. The molecule has 3 aromatic carbocycles. The number of amides is 1. The monoisotopic (exact) mass is 504 g/mol. The molecule has 0 saturated carbocycles. The molecular formula is C25H17ClN4O4S. The molecule has 4 aromatic rings. The zero-order chi connectivity index (χ0) is 23.8. The SMILES string of the molecule is O=C1COc2ccc(-c3csc(=Nc4ccc(Cl)cc4)n3N=Cc3ccc4c(c3)OCO4)cc2N1. The Morgan fingerprint density at radius 2 is 1.80 bits per heavy atom. The van der Waals surface area contributed by atoms with Crippen LogP contribution in [0.1, 0.15) is 5.56 Å². The van der Waals surface area contributed by atoms with Gasteiger partial charge in [0.15, 0.2) is 18.1 Å². The number of nitrogens with one attached hydrogen (secondary N) is 1. The fourth-order valence-electron chi connectivity index (χ4n) is 3.67. The maximum absolute atomic E-state index is 11.8. The first-order chi connectivity index (χ1) is 17.1. The number of ether oxygens (including phenoxy) is 3. The quantitative estimate of drug-likeness (QED) is 0.394. The van der Waals surface area contributed by atoms with Crippen molar-refractivity contribution in [1.29, 1.82) is 0 Å². The highest BCUT2D eigenvalue weighted by molar-refractivity contribution is 7.07. The van der Waals surface area contributed by atoms with Crippen molar-refractivity contribution >= 4 is 46.4 Å². The van der Waals surface area contributed by atoms with E-state index < -0.39 is 0 Å². The molecule has 10 heteroatoms. The summed E-state index contributed by atoms with van der Waals surface area (Å²) in [5, 5.41) is 10.2. The fourth-order valence-corrected chi connectivity index (χ4v) is 4.66. The van der Waals surface area contributed by atoms with Crippen molar-refractivity contribution in [3.63, 3.8) is 0 Å². The number of hydrogen-bond donors (Lipinski definition) is 1. The van der Waals surface area contributed by atoms with Crippen LogP contribution in [0.3, 0.4) is 0 Å². The third-order valence-electron chi connectivity index (χ3n) is 5.36. The lowest BCUT2D eigenvalue weighted by Crippen LogP contribution is -2.25. The second kappa shape index (κ2) is 8.94. The Kier molecular flexibility index (Phi) is 5.48. The van der Waals surface area contributed by atoms with Gasteiger partial charge in [-0.3, -0.25) is 4.79 Å². The van der Waals surface area contributed by atoms with Crippen LogP contribution in [-0.2, 0) is 4.79 Å². The molecule has 0 unspecified atom stereocenters. The summed E-state index contributed by atoms with van der Waals surface area (Å²) in [6.45, 7) is 0.219. The van der Waals surface area contributed by atoms with E-state index in [0.717, 1.165) is 22.5 Å². The summed E-state index contributed by atoms with van der Waals surface area (Å²) in [5.74, 6) is 1.83. The number of aromatic nitrogens is 1. The van der Waals surface area contributed by atoms with Crippen molar-refractivity contribution in [2.75, 3.05) is 18.7 Å². The van der Waals surface area contributed by atoms with Gasteiger partial charge in [-0.15, -0.1) is 11.3 Å². The summed E-state index contributed by atoms with van der Waals surface area (Å²) in [4.78, 5) is 17.2. The molecule has 2 aliphatic heterocycles. The lowest BCUT2D eigenvalue weighted by Gasteiger charge is -2.18. The minimum atomic E-state index is -0.188. The first-order valence-corrected chi connectivity index (χ1v) is 11.9. The maximum Gasteiger partial charge on any atom is 0.262 e. The molecule has 2 aliphatic rings. The summed E-state index contributed by atoms with van der Waals surface area (Å²) in [7, 11) is 0. The van der Waals surface area contributed by atoms with Crippen molar-refractivity contribution < 1.29 is 19.0 Å². The Balaban J connectivity index is 1.44. The van der Waals surface area contributed by atoms with Gasteiger partial charge in [-0.2, -0.15) is 5.10 Å². The molecule has 0 radical (unpaired) electrons. The van der Waals surface area contributed by atoms with Crippen LogP contribution in [0.5, 0.6) is 17.2 Å². The van der Waals surface area contributed by atoms with Crippen LogP contribution in [0.4, 0.5) is 11.4 Å². The molecule has 1 amide bonds. The van der Waals surface area contributed by atoms with Crippen LogP contribution in [0.25, 0.3) is 11.3 Å². The van der Waals surface area contributed by atoms with Gasteiger partial charge < -0.3 is 19.5 Å². The van der Waals surface area contributed by atoms with Crippen LogP contribution < -0.4 is 24.3 Å². The number of halogens is 1. The highest BCUT2D eigenvalue weighted by Crippen LogP contribution is 2.34. The van der Waals surface area contributed by atoms with Gasteiger partial charge in [0.1, 0.15) is 5.75 Å². The zero-order valence-corrected chi connectivity index (χ0v) is 19.7. The lowest BCUT2D eigenvalue weighted by atomic mass is 10.1. The number of carbonyl (C=O) groups is 1. The highest BCUT2D eigenvalue weighted by Gasteiger charge is 2.18. The van der Waals surface area contributed by atoms with Crippen molar-refractivity contribution in [3.05, 3.63) is 81.4 Å². The predicted octanol–water partition coefficient (Wildman–Crippen LogP) is 5.04. The number of benzene rings is 3. The standard InChI is InChI=1S/C25H17ClN4O4S/c26-17-3-5-18(6-4-17)28-25-30(27-11-15-1-7-22-23(9-15)34-14-33-22)20(13-35-25)16-2-8-21-19(10-16)29-24(31)12-32-21/h1-11,13H,12,14H2,(H,29,31). The van der Waals surface area contributed by atoms with Crippen LogP contribution in [0, 0.1) is 0 Å². The van der Waals surface area contributed by atoms with E-state index in [9.17, 15) is 4.79 Å². The Morgan fingerprint density at radius 3 is 2.69 bits per heavy atom. The van der Waals surface area contributed by atoms with Gasteiger partial charge in [0, 0.05) is 16.0 Å². The molecule has 1 N–H and O–H groups in total. The average Bonchev–Trinajstić information content (AvgIpc) is 3.50. The van der Waals surface area contributed by atoms with Crippen LogP contribution in [0.2, 0.25) is 5.02 Å². The molecule has 8 nitrogen and oxygen atoms in total. The third kappa shape index (κ3) is 4.39. The van der Waals surface area contributed by atoms with E-state index in [1.54, 1.807) is 23.0 Å². The second-order valence-corrected chi connectivity index (χ2v) is 8.98. The van der Waals surface area contributed by atoms with E-state index in [0.29, 0.717) is 32.8 Å². The molecule has 0 spiro atoms. The topological polar surface area (TPSA) is 86.4 Å². The lowest BCUT2D eigenvalue weighted by molar-refractivity contribution is -0.118. The average molecular weight is 505 g/mol. The molecule has 35 heavy (non-hydrogen) atoms. The number of hydrogen-bond acceptors (Lipinski definition) is 7. The van der Waals surface area contributed by atoms with Crippen molar-refractivity contribution in [2.45, 2.75) is 0 Å². The number of carbonyl (C=O) groups excluding carboxylic acids is 1. The predicted molar refractivity (Wildman–Crippen MR) is 134 cm³/mol. The molecular weight excluding hydrogens is 488 g/mol. The third-order valence-corrected chi connectivity index (χ3v) is 6.43.